The van der Waals surface area contributed by atoms with Gasteiger partial charge in [-0.15, -0.1) is 0 Å². The maximum Gasteiger partial charge on any atom is 0.101 e. The molecule has 0 saturated carbocycles. The van der Waals surface area contributed by atoms with Crippen LogP contribution in [-0.2, 0) is 0 Å². The van der Waals surface area contributed by atoms with E-state index in [1.54, 1.807) is 0 Å². The Balaban J connectivity index is 1.86. The molecule has 0 radical (unpaired) electrons. The Morgan fingerprint density at radius 1 is 1.26 bits per heavy atom. The topological polar surface area (TPSA) is 39.1 Å². The van der Waals surface area contributed by atoms with Gasteiger partial charge in [0.25, 0.3) is 0 Å². The number of nitrogens with zero attached hydrogens (tertiary/aromatic N) is 2. The Labute approximate surface area is 115 Å². The quantitative estimate of drug-likeness (QED) is 0.902. The van der Waals surface area contributed by atoms with Crippen molar-refractivity contribution in [2.24, 2.45) is 0 Å². The Morgan fingerprint density at radius 2 is 1.95 bits per heavy atom. The number of para-hydroxylation sites is 1. The molecule has 2 atom stereocenters. The minimum Gasteiger partial charge on any atom is -0.368 e. The first-order valence-corrected chi connectivity index (χ1v) is 7.33. The molecule has 2 heterocycles. The standard InChI is InChI=1S/C16H21N3/c1-2-19(16-6-4-3-5-12(16)11-17)15-9-13-7-8-14(10-15)18-13/h3-6,13-15,18H,2,7-10H2,1H3. The third-order valence-corrected chi connectivity index (χ3v) is 4.56. The molecule has 1 aromatic rings. The molecule has 19 heavy (non-hydrogen) atoms. The average Bonchev–Trinajstić information content (AvgIpc) is 2.79. The minimum absolute atomic E-state index is 0.582. The normalized spacial score (nSPS) is 28.9. The Bertz CT molecular complexity index is 479. The van der Waals surface area contributed by atoms with Crippen molar-refractivity contribution in [2.45, 2.75) is 50.7 Å². The van der Waals surface area contributed by atoms with Crippen LogP contribution in [0, 0.1) is 11.3 Å². The highest BCUT2D eigenvalue weighted by molar-refractivity contribution is 5.59. The van der Waals surface area contributed by atoms with Gasteiger partial charge in [-0.2, -0.15) is 5.26 Å². The Kier molecular flexibility index (Phi) is 3.44. The fourth-order valence-electron chi connectivity index (χ4n) is 3.73. The monoisotopic (exact) mass is 255 g/mol. The zero-order valence-electron chi connectivity index (χ0n) is 11.5. The summed E-state index contributed by atoms with van der Waals surface area (Å²) >= 11 is 0. The second-order valence-electron chi connectivity index (χ2n) is 5.68. The summed E-state index contributed by atoms with van der Waals surface area (Å²) in [6.45, 7) is 3.17. The van der Waals surface area contributed by atoms with E-state index >= 15 is 0 Å². The first-order valence-electron chi connectivity index (χ1n) is 7.33. The van der Waals surface area contributed by atoms with Gasteiger partial charge in [0.1, 0.15) is 6.07 Å². The lowest BCUT2D eigenvalue weighted by molar-refractivity contribution is 0.349. The van der Waals surface area contributed by atoms with Gasteiger partial charge in [0.05, 0.1) is 11.3 Å². The van der Waals surface area contributed by atoms with Crippen LogP contribution in [0.25, 0.3) is 0 Å². The van der Waals surface area contributed by atoms with Gasteiger partial charge < -0.3 is 10.2 Å². The Hall–Kier alpha value is -1.53. The number of nitriles is 1. The molecular formula is C16H21N3. The fraction of sp³-hybridized carbons (Fsp3) is 0.562. The molecule has 2 unspecified atom stereocenters. The van der Waals surface area contributed by atoms with Crippen molar-refractivity contribution in [1.29, 1.82) is 5.26 Å². The van der Waals surface area contributed by atoms with Crippen LogP contribution in [-0.4, -0.2) is 24.7 Å². The van der Waals surface area contributed by atoms with Gasteiger partial charge in [0, 0.05) is 24.7 Å². The SMILES string of the molecule is CCN(c1ccccc1C#N)C1CC2CCC(C1)N2. The highest BCUT2D eigenvalue weighted by atomic mass is 15.2. The summed E-state index contributed by atoms with van der Waals surface area (Å²) in [6, 6.07) is 12.3. The summed E-state index contributed by atoms with van der Waals surface area (Å²) in [6.07, 6.45) is 5.06. The highest BCUT2D eigenvalue weighted by Gasteiger charge is 2.36. The summed E-state index contributed by atoms with van der Waals surface area (Å²) in [5, 5.41) is 13.0. The van der Waals surface area contributed by atoms with Gasteiger partial charge in [-0.1, -0.05) is 12.1 Å². The lowest BCUT2D eigenvalue weighted by atomic mass is 9.97. The molecule has 2 fully saturated rings. The van der Waals surface area contributed by atoms with Crippen molar-refractivity contribution in [3.8, 4) is 6.07 Å². The number of benzene rings is 1. The fourth-order valence-corrected chi connectivity index (χ4v) is 3.73. The number of rotatable bonds is 3. The molecule has 100 valence electrons. The van der Waals surface area contributed by atoms with Crippen LogP contribution in [0.15, 0.2) is 24.3 Å². The first kappa shape index (κ1) is 12.5. The van der Waals surface area contributed by atoms with Crippen LogP contribution in [0.5, 0.6) is 0 Å². The van der Waals surface area contributed by atoms with Crippen molar-refractivity contribution in [3.63, 3.8) is 0 Å². The van der Waals surface area contributed by atoms with Crippen LogP contribution >= 0.6 is 0 Å². The van der Waals surface area contributed by atoms with Crippen molar-refractivity contribution in [2.75, 3.05) is 11.4 Å². The van der Waals surface area contributed by atoms with Crippen molar-refractivity contribution in [1.82, 2.24) is 5.32 Å². The Morgan fingerprint density at radius 3 is 2.58 bits per heavy atom. The van der Waals surface area contributed by atoms with Crippen molar-refractivity contribution in [3.05, 3.63) is 29.8 Å². The number of nitrogens with one attached hydrogen (secondary N) is 1. The first-order chi connectivity index (χ1) is 9.31. The van der Waals surface area contributed by atoms with Gasteiger partial charge >= 0.3 is 0 Å². The molecule has 0 spiro atoms. The maximum atomic E-state index is 9.29. The molecule has 2 bridgehead atoms. The zero-order chi connectivity index (χ0) is 13.2. The van der Waals surface area contributed by atoms with Gasteiger partial charge in [-0.3, -0.25) is 0 Å². The maximum absolute atomic E-state index is 9.29. The number of fused-ring (bicyclic) bond motifs is 2. The zero-order valence-corrected chi connectivity index (χ0v) is 11.5. The average molecular weight is 255 g/mol. The van der Waals surface area contributed by atoms with Crippen molar-refractivity contribution < 1.29 is 0 Å². The van der Waals surface area contributed by atoms with E-state index < -0.39 is 0 Å². The third kappa shape index (κ3) is 2.33. The van der Waals surface area contributed by atoms with Gasteiger partial charge in [-0.05, 0) is 44.7 Å². The second kappa shape index (κ2) is 5.22. The van der Waals surface area contributed by atoms with E-state index in [0.29, 0.717) is 18.1 Å². The van der Waals surface area contributed by atoms with E-state index in [1.165, 1.54) is 25.7 Å². The van der Waals surface area contributed by atoms with E-state index in [2.05, 4.69) is 29.3 Å². The molecule has 1 aromatic carbocycles. The highest BCUT2D eigenvalue weighted by Crippen LogP contribution is 2.33. The lowest BCUT2D eigenvalue weighted by Crippen LogP contribution is -2.48. The largest absolute Gasteiger partial charge is 0.368 e. The molecule has 2 aliphatic heterocycles. The van der Waals surface area contributed by atoms with Gasteiger partial charge in [0.15, 0.2) is 0 Å². The molecule has 3 rings (SSSR count). The van der Waals surface area contributed by atoms with E-state index in [9.17, 15) is 5.26 Å². The number of hydrogen-bond acceptors (Lipinski definition) is 3. The van der Waals surface area contributed by atoms with E-state index in [1.807, 2.05) is 18.2 Å². The molecule has 3 nitrogen and oxygen atoms in total. The number of anilines is 1. The molecule has 0 amide bonds. The van der Waals surface area contributed by atoms with Gasteiger partial charge in [-0.25, -0.2) is 0 Å². The van der Waals surface area contributed by atoms with Gasteiger partial charge in [0.2, 0.25) is 0 Å². The van der Waals surface area contributed by atoms with Crippen LogP contribution in [0.4, 0.5) is 5.69 Å². The second-order valence-corrected chi connectivity index (χ2v) is 5.68. The smallest absolute Gasteiger partial charge is 0.101 e. The summed E-state index contributed by atoms with van der Waals surface area (Å²) in [7, 11) is 0. The molecule has 2 aliphatic rings. The molecule has 0 aromatic heterocycles. The predicted octanol–water partition coefficient (Wildman–Crippen LogP) is 2.67. The van der Waals surface area contributed by atoms with Crippen LogP contribution in [0.3, 0.4) is 0 Å². The van der Waals surface area contributed by atoms with E-state index in [-0.39, 0.29) is 0 Å². The third-order valence-electron chi connectivity index (χ3n) is 4.56. The number of hydrogen-bond donors (Lipinski definition) is 1. The van der Waals surface area contributed by atoms with Crippen LogP contribution in [0.2, 0.25) is 0 Å². The molecule has 0 aliphatic carbocycles. The van der Waals surface area contributed by atoms with Crippen LogP contribution in [0.1, 0.15) is 38.2 Å². The predicted molar refractivity (Wildman–Crippen MR) is 77.1 cm³/mol. The molecular weight excluding hydrogens is 234 g/mol. The van der Waals surface area contributed by atoms with E-state index in [4.69, 9.17) is 0 Å². The van der Waals surface area contributed by atoms with Crippen molar-refractivity contribution >= 4 is 5.69 Å². The summed E-state index contributed by atoms with van der Waals surface area (Å²) in [5.74, 6) is 0. The summed E-state index contributed by atoms with van der Waals surface area (Å²) in [4.78, 5) is 2.44. The molecule has 1 N–H and O–H groups in total. The van der Waals surface area contributed by atoms with E-state index in [0.717, 1.165) is 17.8 Å². The molecule has 3 heteroatoms. The van der Waals surface area contributed by atoms with Crippen LogP contribution < -0.4 is 10.2 Å². The summed E-state index contributed by atoms with van der Waals surface area (Å²) in [5.41, 5.74) is 1.91. The summed E-state index contributed by atoms with van der Waals surface area (Å²) < 4.78 is 0. The number of piperidine rings is 1. The molecule has 2 saturated heterocycles. The minimum atomic E-state index is 0.582. The lowest BCUT2D eigenvalue weighted by Gasteiger charge is -2.39.